The first kappa shape index (κ1) is 17.1. The Morgan fingerprint density at radius 3 is 3.00 bits per heavy atom. The number of nitrogens with zero attached hydrogens (tertiary/aromatic N) is 4. The average molecular weight is 377 g/mol. The van der Waals surface area contributed by atoms with E-state index >= 15 is 0 Å². The van der Waals surface area contributed by atoms with E-state index in [0.717, 1.165) is 47.6 Å². The number of hydrogen-bond acceptors (Lipinski definition) is 5. The molecule has 0 aliphatic carbocycles. The number of rotatable bonds is 4. The van der Waals surface area contributed by atoms with Crippen LogP contribution in [-0.4, -0.2) is 25.6 Å². The fourth-order valence-corrected chi connectivity index (χ4v) is 3.95. The number of nitrogen functional groups attached to an aromatic ring is 1. The van der Waals surface area contributed by atoms with Crippen molar-refractivity contribution in [2.45, 2.75) is 38.0 Å². The Bertz CT molecular complexity index is 1160. The van der Waals surface area contributed by atoms with Gasteiger partial charge in [-0.15, -0.1) is 0 Å². The molecule has 7 heteroatoms. The number of pyridine rings is 1. The van der Waals surface area contributed by atoms with E-state index in [9.17, 15) is 4.39 Å². The topological polar surface area (TPSA) is 78.9 Å². The van der Waals surface area contributed by atoms with Crippen LogP contribution in [0.25, 0.3) is 21.9 Å². The lowest BCUT2D eigenvalue weighted by Gasteiger charge is -2.16. The van der Waals surface area contributed by atoms with Crippen LogP contribution in [0.15, 0.2) is 49.1 Å². The normalized spacial score (nSPS) is 19.6. The van der Waals surface area contributed by atoms with Crippen LogP contribution in [0.4, 0.5) is 10.2 Å². The minimum absolute atomic E-state index is 0.0296. The fourth-order valence-electron chi connectivity index (χ4n) is 3.95. The van der Waals surface area contributed by atoms with Gasteiger partial charge in [-0.05, 0) is 49.4 Å². The zero-order valence-electron chi connectivity index (χ0n) is 15.3. The van der Waals surface area contributed by atoms with Crippen molar-refractivity contribution in [2.24, 2.45) is 0 Å². The molecule has 2 atom stereocenters. The van der Waals surface area contributed by atoms with Gasteiger partial charge in [0.25, 0.3) is 0 Å². The summed E-state index contributed by atoms with van der Waals surface area (Å²) in [6.07, 6.45) is 8.65. The molecule has 1 saturated heterocycles. The molecule has 4 aromatic rings. The van der Waals surface area contributed by atoms with E-state index in [2.05, 4.69) is 15.0 Å². The molecule has 1 aliphatic rings. The summed E-state index contributed by atoms with van der Waals surface area (Å²) in [6.45, 7) is 0. The minimum atomic E-state index is -0.310. The Balaban J connectivity index is 1.26. The third kappa shape index (κ3) is 3.07. The molecular weight excluding hydrogens is 357 g/mol. The first-order valence-corrected chi connectivity index (χ1v) is 9.44. The van der Waals surface area contributed by atoms with Crippen LogP contribution in [0, 0.1) is 5.82 Å². The average Bonchev–Trinajstić information content (AvgIpc) is 3.33. The van der Waals surface area contributed by atoms with Gasteiger partial charge in [-0.3, -0.25) is 4.98 Å². The molecule has 142 valence electrons. The Hall–Kier alpha value is -3.06. The summed E-state index contributed by atoms with van der Waals surface area (Å²) in [4.78, 5) is 12.6. The molecular formula is C21H20FN5O. The smallest absolute Gasteiger partial charge is 0.147 e. The molecule has 3 aromatic heterocycles. The first-order valence-electron chi connectivity index (χ1n) is 9.44. The van der Waals surface area contributed by atoms with Gasteiger partial charge in [-0.2, -0.15) is 0 Å². The Morgan fingerprint density at radius 2 is 2.07 bits per heavy atom. The van der Waals surface area contributed by atoms with E-state index < -0.39 is 0 Å². The van der Waals surface area contributed by atoms with Crippen molar-refractivity contribution in [3.8, 4) is 0 Å². The first-order chi connectivity index (χ1) is 13.7. The van der Waals surface area contributed by atoms with Crippen molar-refractivity contribution in [1.29, 1.82) is 0 Å². The van der Waals surface area contributed by atoms with Crippen molar-refractivity contribution in [3.05, 3.63) is 60.4 Å². The van der Waals surface area contributed by atoms with Crippen molar-refractivity contribution >= 4 is 27.8 Å². The van der Waals surface area contributed by atoms with Crippen molar-refractivity contribution in [1.82, 2.24) is 19.5 Å². The molecule has 0 spiro atoms. The van der Waals surface area contributed by atoms with E-state index in [1.165, 1.54) is 24.2 Å². The summed E-state index contributed by atoms with van der Waals surface area (Å²) in [5, 5.41) is 1.68. The summed E-state index contributed by atoms with van der Waals surface area (Å²) >= 11 is 0. The van der Waals surface area contributed by atoms with Crippen LogP contribution in [0.1, 0.15) is 31.1 Å². The second-order valence-electron chi connectivity index (χ2n) is 7.23. The van der Waals surface area contributed by atoms with Gasteiger partial charge in [0, 0.05) is 11.6 Å². The number of anilines is 1. The molecule has 28 heavy (non-hydrogen) atoms. The molecule has 1 fully saturated rings. The standard InChI is InChI=1S/C21H20FN5O/c22-15-10-14-3-1-13(9-18(14)24-11-15)2-4-16-5-6-19(28-16)27-8-7-17-20(23)25-12-26-21(17)27/h1,3,7-12,16,19H,2,4-6H2,(H2,23,25,26). The third-order valence-electron chi connectivity index (χ3n) is 5.41. The van der Waals surface area contributed by atoms with Crippen LogP contribution >= 0.6 is 0 Å². The molecule has 1 aromatic carbocycles. The number of ether oxygens (including phenoxy) is 1. The van der Waals surface area contributed by atoms with E-state index in [1.54, 1.807) is 0 Å². The summed E-state index contributed by atoms with van der Waals surface area (Å²) in [5.41, 5.74) is 8.74. The molecule has 1 aliphatic heterocycles. The van der Waals surface area contributed by atoms with Crippen molar-refractivity contribution in [2.75, 3.05) is 5.73 Å². The van der Waals surface area contributed by atoms with Gasteiger partial charge >= 0.3 is 0 Å². The monoisotopic (exact) mass is 377 g/mol. The zero-order chi connectivity index (χ0) is 19.1. The van der Waals surface area contributed by atoms with E-state index in [4.69, 9.17) is 10.5 Å². The van der Waals surface area contributed by atoms with Gasteiger partial charge in [0.2, 0.25) is 0 Å². The number of halogens is 1. The predicted octanol–water partition coefficient (Wildman–Crippen LogP) is 4.01. The number of hydrogen-bond donors (Lipinski definition) is 1. The van der Waals surface area contributed by atoms with E-state index in [1.807, 2.05) is 35.0 Å². The van der Waals surface area contributed by atoms with Crippen LogP contribution in [-0.2, 0) is 11.2 Å². The van der Waals surface area contributed by atoms with E-state index in [0.29, 0.717) is 5.82 Å². The number of nitrogens with two attached hydrogens (primary N) is 1. The van der Waals surface area contributed by atoms with Gasteiger partial charge in [-0.1, -0.05) is 12.1 Å². The molecule has 4 heterocycles. The quantitative estimate of drug-likeness (QED) is 0.581. The van der Waals surface area contributed by atoms with Crippen LogP contribution in [0.5, 0.6) is 0 Å². The highest BCUT2D eigenvalue weighted by atomic mass is 19.1. The maximum atomic E-state index is 13.3. The highest BCUT2D eigenvalue weighted by molar-refractivity contribution is 5.86. The van der Waals surface area contributed by atoms with Crippen LogP contribution in [0.2, 0.25) is 0 Å². The Labute approximate surface area is 161 Å². The van der Waals surface area contributed by atoms with Gasteiger partial charge in [-0.25, -0.2) is 14.4 Å². The van der Waals surface area contributed by atoms with Gasteiger partial charge < -0.3 is 15.0 Å². The predicted molar refractivity (Wildman–Crippen MR) is 105 cm³/mol. The molecule has 0 radical (unpaired) electrons. The summed E-state index contributed by atoms with van der Waals surface area (Å²) in [5.74, 6) is 0.179. The van der Waals surface area contributed by atoms with Crippen molar-refractivity contribution < 1.29 is 9.13 Å². The summed E-state index contributed by atoms with van der Waals surface area (Å²) in [7, 11) is 0. The lowest BCUT2D eigenvalue weighted by molar-refractivity contribution is 0.00120. The Morgan fingerprint density at radius 1 is 1.14 bits per heavy atom. The van der Waals surface area contributed by atoms with E-state index in [-0.39, 0.29) is 18.1 Å². The minimum Gasteiger partial charge on any atom is -0.383 e. The lowest BCUT2D eigenvalue weighted by atomic mass is 10.0. The Kier molecular flexibility index (Phi) is 4.16. The van der Waals surface area contributed by atoms with Crippen LogP contribution < -0.4 is 5.73 Å². The number of benzene rings is 1. The van der Waals surface area contributed by atoms with Gasteiger partial charge in [0.1, 0.15) is 29.8 Å². The molecule has 0 bridgehead atoms. The SMILES string of the molecule is Nc1ncnc2c1ccn2C1CCC(CCc2ccc3cc(F)cnc3c2)O1. The third-order valence-corrected chi connectivity index (χ3v) is 5.41. The largest absolute Gasteiger partial charge is 0.383 e. The number of aryl methyl sites for hydroxylation is 1. The molecule has 0 amide bonds. The summed E-state index contributed by atoms with van der Waals surface area (Å²) < 4.78 is 21.6. The van der Waals surface area contributed by atoms with Crippen molar-refractivity contribution in [3.63, 3.8) is 0 Å². The zero-order valence-corrected chi connectivity index (χ0v) is 15.3. The number of aromatic nitrogens is 4. The molecule has 6 nitrogen and oxygen atoms in total. The maximum absolute atomic E-state index is 13.3. The molecule has 2 unspecified atom stereocenters. The van der Waals surface area contributed by atoms with Crippen LogP contribution in [0.3, 0.4) is 0 Å². The second kappa shape index (κ2) is 6.83. The van der Waals surface area contributed by atoms with Gasteiger partial charge in [0.15, 0.2) is 0 Å². The highest BCUT2D eigenvalue weighted by Crippen LogP contribution is 2.33. The molecule has 0 saturated carbocycles. The summed E-state index contributed by atoms with van der Waals surface area (Å²) in [6, 6.07) is 9.44. The second-order valence-corrected chi connectivity index (χ2v) is 7.23. The van der Waals surface area contributed by atoms with Gasteiger partial charge in [0.05, 0.1) is 23.2 Å². The number of fused-ring (bicyclic) bond motifs is 2. The fraction of sp³-hybridized carbons (Fsp3) is 0.286. The molecule has 5 rings (SSSR count). The molecule has 2 N–H and O–H groups in total. The maximum Gasteiger partial charge on any atom is 0.147 e. The highest BCUT2D eigenvalue weighted by Gasteiger charge is 2.27. The lowest BCUT2D eigenvalue weighted by Crippen LogP contribution is -2.12.